The fraction of sp³-hybridized carbons (Fsp3) is 0.231. The molecule has 5 N–H and O–H groups in total. The van der Waals surface area contributed by atoms with Gasteiger partial charge < -0.3 is 16.8 Å². The van der Waals surface area contributed by atoms with E-state index < -0.39 is 6.03 Å². The van der Waals surface area contributed by atoms with Gasteiger partial charge in [0.2, 0.25) is 0 Å². The fourth-order valence-corrected chi connectivity index (χ4v) is 1.66. The summed E-state index contributed by atoms with van der Waals surface area (Å²) >= 11 is 0. The lowest BCUT2D eigenvalue weighted by atomic mass is 10.1. The average Bonchev–Trinajstić information content (AvgIpc) is 2.76. The summed E-state index contributed by atoms with van der Waals surface area (Å²) in [6.07, 6.45) is 7.52. The average molecular weight is 261 g/mol. The van der Waals surface area contributed by atoms with Gasteiger partial charge in [0.05, 0.1) is 5.69 Å². The maximum absolute atomic E-state index is 10.8. The van der Waals surface area contributed by atoms with Gasteiger partial charge in [0.1, 0.15) is 0 Å². The highest BCUT2D eigenvalue weighted by atomic mass is 16.2. The molecule has 0 aliphatic rings. The van der Waals surface area contributed by atoms with Crippen molar-refractivity contribution >= 4 is 11.6 Å². The second-order valence-electron chi connectivity index (χ2n) is 3.91. The molecule has 0 unspecified atom stereocenters. The van der Waals surface area contributed by atoms with Crippen LogP contribution in [0.5, 0.6) is 0 Å². The Hall–Kier alpha value is -2.50. The first-order valence-corrected chi connectivity index (χ1v) is 5.96. The van der Waals surface area contributed by atoms with E-state index in [-0.39, 0.29) is 0 Å². The third kappa shape index (κ3) is 4.34. The van der Waals surface area contributed by atoms with E-state index in [2.05, 4.69) is 23.9 Å². The van der Waals surface area contributed by atoms with Crippen LogP contribution in [0.1, 0.15) is 19.0 Å². The van der Waals surface area contributed by atoms with Crippen molar-refractivity contribution in [3.63, 3.8) is 0 Å². The first kappa shape index (κ1) is 14.6. The summed E-state index contributed by atoms with van der Waals surface area (Å²) in [5, 5.41) is 6.65. The molecule has 0 aliphatic heterocycles. The molecule has 0 radical (unpaired) electrons. The first-order valence-electron chi connectivity index (χ1n) is 5.96. The summed E-state index contributed by atoms with van der Waals surface area (Å²) in [7, 11) is 0. The molecule has 1 rings (SSSR count). The number of urea groups is 1. The molecule has 1 heterocycles. The zero-order valence-electron chi connectivity index (χ0n) is 11.0. The van der Waals surface area contributed by atoms with Gasteiger partial charge in [0.15, 0.2) is 0 Å². The molecule has 1 aromatic heterocycles. The van der Waals surface area contributed by atoms with E-state index in [1.807, 2.05) is 10.7 Å². The maximum atomic E-state index is 10.8. The van der Waals surface area contributed by atoms with Crippen LogP contribution in [0, 0.1) is 0 Å². The molecule has 102 valence electrons. The van der Waals surface area contributed by atoms with Gasteiger partial charge in [-0.15, -0.1) is 0 Å². The Balaban J connectivity index is 3.06. The number of hydrogen-bond acceptors (Lipinski definition) is 3. The van der Waals surface area contributed by atoms with Crippen molar-refractivity contribution in [2.24, 2.45) is 11.5 Å². The van der Waals surface area contributed by atoms with Crippen LogP contribution >= 0.6 is 0 Å². The summed E-state index contributed by atoms with van der Waals surface area (Å²) in [6, 6.07) is 1.22. The highest BCUT2D eigenvalue weighted by molar-refractivity contribution is 5.78. The van der Waals surface area contributed by atoms with Crippen LogP contribution in [0.4, 0.5) is 4.79 Å². The quantitative estimate of drug-likeness (QED) is 0.673. The number of amides is 2. The largest absolute Gasteiger partial charge is 0.405 e. The third-order valence-corrected chi connectivity index (χ3v) is 2.34. The van der Waals surface area contributed by atoms with Gasteiger partial charge in [-0.1, -0.05) is 13.5 Å². The van der Waals surface area contributed by atoms with Crippen LogP contribution in [0.2, 0.25) is 0 Å². The van der Waals surface area contributed by atoms with Crippen molar-refractivity contribution in [3.8, 4) is 0 Å². The number of allylic oxidation sites excluding steroid dienone is 3. The van der Waals surface area contributed by atoms with Crippen LogP contribution in [-0.4, -0.2) is 15.8 Å². The predicted octanol–water partition coefficient (Wildman–Crippen LogP) is 1.33. The number of primary amides is 1. The molecule has 2 amide bonds. The second kappa shape index (κ2) is 7.05. The van der Waals surface area contributed by atoms with Crippen molar-refractivity contribution < 1.29 is 4.79 Å². The molecule has 6 heteroatoms. The van der Waals surface area contributed by atoms with Gasteiger partial charge in [-0.2, -0.15) is 5.10 Å². The molecular formula is C13H19N5O. The van der Waals surface area contributed by atoms with E-state index in [1.54, 1.807) is 18.3 Å². The Morgan fingerprint density at radius 2 is 2.37 bits per heavy atom. The SMILES string of the molecule is C=C(/C=C(\C=C/N)c1ccnn1CCC)NC(N)=O. The Labute approximate surface area is 112 Å². The zero-order chi connectivity index (χ0) is 14.3. The number of carbonyl (C=O) groups is 1. The lowest BCUT2D eigenvalue weighted by Crippen LogP contribution is -2.27. The Morgan fingerprint density at radius 1 is 1.63 bits per heavy atom. The molecule has 0 atom stereocenters. The van der Waals surface area contributed by atoms with Crippen molar-refractivity contribution in [2.75, 3.05) is 0 Å². The van der Waals surface area contributed by atoms with Crippen LogP contribution in [0.3, 0.4) is 0 Å². The first-order chi connectivity index (χ1) is 9.08. The summed E-state index contributed by atoms with van der Waals surface area (Å²) in [5.41, 5.74) is 12.6. The van der Waals surface area contributed by atoms with Crippen molar-refractivity contribution in [1.29, 1.82) is 0 Å². The predicted molar refractivity (Wildman–Crippen MR) is 75.7 cm³/mol. The number of aryl methyl sites for hydroxylation is 1. The van der Waals surface area contributed by atoms with Gasteiger partial charge in [-0.25, -0.2) is 4.79 Å². The molecule has 0 bridgehead atoms. The molecule has 0 fully saturated rings. The zero-order valence-corrected chi connectivity index (χ0v) is 11.0. The normalized spacial score (nSPS) is 11.7. The molecule has 0 spiro atoms. The summed E-state index contributed by atoms with van der Waals surface area (Å²) < 4.78 is 1.86. The number of carbonyl (C=O) groups excluding carboxylic acids is 1. The molecular weight excluding hydrogens is 242 g/mol. The van der Waals surface area contributed by atoms with Crippen molar-refractivity contribution in [1.82, 2.24) is 15.1 Å². The van der Waals surface area contributed by atoms with Crippen molar-refractivity contribution in [3.05, 3.63) is 48.6 Å². The number of aromatic nitrogens is 2. The van der Waals surface area contributed by atoms with E-state index in [9.17, 15) is 4.79 Å². The maximum Gasteiger partial charge on any atom is 0.316 e. The molecule has 1 aromatic rings. The Kier molecular flexibility index (Phi) is 5.40. The minimum atomic E-state index is -0.653. The number of nitrogens with two attached hydrogens (primary N) is 2. The Bertz CT molecular complexity index is 513. The van der Waals surface area contributed by atoms with E-state index in [4.69, 9.17) is 11.5 Å². The second-order valence-corrected chi connectivity index (χ2v) is 3.91. The number of hydrogen-bond donors (Lipinski definition) is 3. The highest BCUT2D eigenvalue weighted by Gasteiger charge is 2.06. The monoisotopic (exact) mass is 261 g/mol. The number of nitrogens with zero attached hydrogens (tertiary/aromatic N) is 2. The van der Waals surface area contributed by atoms with E-state index in [0.717, 1.165) is 24.2 Å². The van der Waals surface area contributed by atoms with Crippen LogP contribution in [-0.2, 0) is 6.54 Å². The van der Waals surface area contributed by atoms with Crippen LogP contribution in [0.15, 0.2) is 42.9 Å². The summed E-state index contributed by atoms with van der Waals surface area (Å²) in [5.74, 6) is 0. The molecule has 0 saturated heterocycles. The van der Waals surface area contributed by atoms with Crippen LogP contribution in [0.25, 0.3) is 5.57 Å². The highest BCUT2D eigenvalue weighted by Crippen LogP contribution is 2.17. The fourth-order valence-electron chi connectivity index (χ4n) is 1.66. The topological polar surface area (TPSA) is 99.0 Å². The van der Waals surface area contributed by atoms with E-state index >= 15 is 0 Å². The smallest absolute Gasteiger partial charge is 0.316 e. The van der Waals surface area contributed by atoms with E-state index in [1.165, 1.54) is 6.20 Å². The lowest BCUT2D eigenvalue weighted by molar-refractivity contribution is 0.251. The summed E-state index contributed by atoms with van der Waals surface area (Å²) in [4.78, 5) is 10.8. The molecule has 19 heavy (non-hydrogen) atoms. The molecule has 0 aliphatic carbocycles. The summed E-state index contributed by atoms with van der Waals surface area (Å²) in [6.45, 7) is 6.58. The van der Waals surface area contributed by atoms with Gasteiger partial charge in [0.25, 0.3) is 0 Å². The number of nitrogens with one attached hydrogen (secondary N) is 1. The van der Waals surface area contributed by atoms with Crippen LogP contribution < -0.4 is 16.8 Å². The van der Waals surface area contributed by atoms with Gasteiger partial charge in [-0.05, 0) is 30.8 Å². The van der Waals surface area contributed by atoms with Crippen molar-refractivity contribution in [2.45, 2.75) is 19.9 Å². The minimum absolute atomic E-state index is 0.393. The van der Waals surface area contributed by atoms with Gasteiger partial charge >= 0.3 is 6.03 Å². The molecule has 6 nitrogen and oxygen atoms in total. The van der Waals surface area contributed by atoms with Gasteiger partial charge in [-0.3, -0.25) is 4.68 Å². The Morgan fingerprint density at radius 3 is 2.95 bits per heavy atom. The van der Waals surface area contributed by atoms with E-state index in [0.29, 0.717) is 5.70 Å². The van der Waals surface area contributed by atoms with Gasteiger partial charge in [0, 0.05) is 24.0 Å². The third-order valence-electron chi connectivity index (χ3n) is 2.34. The molecule has 0 saturated carbocycles. The standard InChI is InChI=1S/C13H19N5O/c1-3-8-18-12(5-7-16-18)11(4-6-14)9-10(2)17-13(15)19/h4-7,9H,2-3,8,14H2,1H3,(H3,15,17,19)/b6-4-,11-9+. The lowest BCUT2D eigenvalue weighted by Gasteiger charge is -2.08. The molecule has 0 aromatic carbocycles. The number of rotatable bonds is 6. The minimum Gasteiger partial charge on any atom is -0.405 e.